The molecule has 2 rings (SSSR count). The molecule has 0 bridgehead atoms. The summed E-state index contributed by atoms with van der Waals surface area (Å²) in [5, 5.41) is 0. The van der Waals surface area contributed by atoms with Crippen LogP contribution >= 0.6 is 0 Å². The van der Waals surface area contributed by atoms with Gasteiger partial charge in [0, 0.05) is 26.2 Å². The lowest BCUT2D eigenvalue weighted by molar-refractivity contribution is -0.137. The van der Waals surface area contributed by atoms with Crippen LogP contribution in [0.4, 0.5) is 13.2 Å². The number of halogens is 3. The molecule has 24 heavy (non-hydrogen) atoms. The molecule has 1 aromatic carbocycles. The smallest absolute Gasteiger partial charge is 0.212 e. The molecule has 1 fully saturated rings. The molecule has 0 atom stereocenters. The predicted molar refractivity (Wildman–Crippen MR) is 81.2 cm³/mol. The highest BCUT2D eigenvalue weighted by molar-refractivity contribution is 7.89. The number of sulfonamides is 2. The number of rotatable bonds is 4. The van der Waals surface area contributed by atoms with Gasteiger partial charge in [-0.05, 0) is 31.2 Å². The van der Waals surface area contributed by atoms with E-state index in [1.807, 2.05) is 0 Å². The van der Waals surface area contributed by atoms with Crippen molar-refractivity contribution in [2.75, 3.05) is 31.9 Å². The molecule has 136 valence electrons. The minimum atomic E-state index is -4.54. The first-order chi connectivity index (χ1) is 11.0. The molecule has 1 aliphatic heterocycles. The number of alkyl halides is 3. The zero-order valence-corrected chi connectivity index (χ0v) is 14.5. The number of piperazine rings is 1. The second-order valence-corrected chi connectivity index (χ2v) is 9.42. The fraction of sp³-hybridized carbons (Fsp3) is 0.538. The Balaban J connectivity index is 2.15. The average molecular weight is 386 g/mol. The third-order valence-corrected chi connectivity index (χ3v) is 7.57. The molecule has 6 nitrogen and oxygen atoms in total. The third kappa shape index (κ3) is 3.90. The molecule has 1 aromatic rings. The maximum absolute atomic E-state index is 12.5. The average Bonchev–Trinajstić information content (AvgIpc) is 2.54. The van der Waals surface area contributed by atoms with Crippen LogP contribution in [-0.4, -0.2) is 57.4 Å². The molecular formula is C13H17F3N2O4S2. The Kier molecular flexibility index (Phi) is 5.28. The van der Waals surface area contributed by atoms with Gasteiger partial charge >= 0.3 is 6.18 Å². The fourth-order valence-corrected chi connectivity index (χ4v) is 4.84. The standard InChI is InChI=1S/C13H17F3N2O4S2/c1-2-23(19,20)17-7-9-18(10-8-17)24(21,22)12-5-3-11(4-6-12)13(14,15)16/h3-6H,2,7-10H2,1H3. The van der Waals surface area contributed by atoms with Crippen molar-refractivity contribution < 1.29 is 30.0 Å². The van der Waals surface area contributed by atoms with Gasteiger partial charge in [-0.2, -0.15) is 21.8 Å². The zero-order valence-electron chi connectivity index (χ0n) is 12.8. The third-order valence-electron chi connectivity index (χ3n) is 3.78. The van der Waals surface area contributed by atoms with Crippen LogP contribution in [-0.2, 0) is 26.2 Å². The highest BCUT2D eigenvalue weighted by Gasteiger charge is 2.34. The van der Waals surface area contributed by atoms with E-state index in [9.17, 15) is 30.0 Å². The van der Waals surface area contributed by atoms with Crippen molar-refractivity contribution in [1.29, 1.82) is 0 Å². The summed E-state index contributed by atoms with van der Waals surface area (Å²) in [7, 11) is -7.35. The van der Waals surface area contributed by atoms with E-state index in [1.54, 1.807) is 0 Å². The van der Waals surface area contributed by atoms with E-state index in [4.69, 9.17) is 0 Å². The van der Waals surface area contributed by atoms with Crippen molar-refractivity contribution in [3.63, 3.8) is 0 Å². The van der Waals surface area contributed by atoms with Gasteiger partial charge < -0.3 is 0 Å². The summed E-state index contributed by atoms with van der Waals surface area (Å²) < 4.78 is 88.3. The Labute approximate surface area is 139 Å². The van der Waals surface area contributed by atoms with Gasteiger partial charge in [0.05, 0.1) is 16.2 Å². The lowest BCUT2D eigenvalue weighted by Crippen LogP contribution is -2.50. The van der Waals surface area contributed by atoms with E-state index in [-0.39, 0.29) is 36.8 Å². The zero-order chi connectivity index (χ0) is 18.2. The molecule has 0 aliphatic carbocycles. The van der Waals surface area contributed by atoms with E-state index >= 15 is 0 Å². The van der Waals surface area contributed by atoms with Gasteiger partial charge in [0.15, 0.2) is 0 Å². The van der Waals surface area contributed by atoms with Crippen LogP contribution < -0.4 is 0 Å². The van der Waals surface area contributed by atoms with Crippen molar-refractivity contribution in [1.82, 2.24) is 8.61 Å². The quantitative estimate of drug-likeness (QED) is 0.783. The highest BCUT2D eigenvalue weighted by Crippen LogP contribution is 2.30. The van der Waals surface area contributed by atoms with Crippen LogP contribution in [0.25, 0.3) is 0 Å². The van der Waals surface area contributed by atoms with Gasteiger partial charge in [-0.25, -0.2) is 16.8 Å². The van der Waals surface area contributed by atoms with Crippen LogP contribution in [0.5, 0.6) is 0 Å². The van der Waals surface area contributed by atoms with E-state index in [0.717, 1.165) is 16.4 Å². The molecule has 11 heteroatoms. The summed E-state index contributed by atoms with van der Waals surface area (Å²) in [5.41, 5.74) is -0.930. The number of hydrogen-bond acceptors (Lipinski definition) is 4. The van der Waals surface area contributed by atoms with Crippen molar-refractivity contribution >= 4 is 20.0 Å². The highest BCUT2D eigenvalue weighted by atomic mass is 32.2. The minimum Gasteiger partial charge on any atom is -0.212 e. The van der Waals surface area contributed by atoms with Crippen LogP contribution in [0.3, 0.4) is 0 Å². The number of benzene rings is 1. The summed E-state index contributed by atoms with van der Waals surface area (Å²) in [5.74, 6) is -0.0708. The van der Waals surface area contributed by atoms with Crippen LogP contribution in [0.2, 0.25) is 0 Å². The molecular weight excluding hydrogens is 369 g/mol. The lowest BCUT2D eigenvalue weighted by atomic mass is 10.2. The maximum Gasteiger partial charge on any atom is 0.416 e. The second kappa shape index (κ2) is 6.62. The minimum absolute atomic E-state index is 0.0238. The Morgan fingerprint density at radius 3 is 1.79 bits per heavy atom. The number of nitrogens with zero attached hydrogens (tertiary/aromatic N) is 2. The number of hydrogen-bond donors (Lipinski definition) is 0. The van der Waals surface area contributed by atoms with Gasteiger partial charge in [-0.3, -0.25) is 0 Å². The van der Waals surface area contributed by atoms with Gasteiger partial charge in [0.1, 0.15) is 0 Å². The van der Waals surface area contributed by atoms with E-state index < -0.39 is 31.8 Å². The molecule has 0 N–H and O–H groups in total. The van der Waals surface area contributed by atoms with Crippen LogP contribution in [0, 0.1) is 0 Å². The van der Waals surface area contributed by atoms with Gasteiger partial charge in [0.2, 0.25) is 20.0 Å². The van der Waals surface area contributed by atoms with Crippen LogP contribution in [0.15, 0.2) is 29.2 Å². The van der Waals surface area contributed by atoms with E-state index in [1.165, 1.54) is 11.2 Å². The predicted octanol–water partition coefficient (Wildman–Crippen LogP) is 1.36. The van der Waals surface area contributed by atoms with Crippen molar-refractivity contribution in [3.05, 3.63) is 29.8 Å². The SMILES string of the molecule is CCS(=O)(=O)N1CCN(S(=O)(=O)c2ccc(C(F)(F)F)cc2)CC1. The molecule has 1 heterocycles. The van der Waals surface area contributed by atoms with Crippen molar-refractivity contribution in [2.45, 2.75) is 18.0 Å². The molecule has 0 saturated carbocycles. The van der Waals surface area contributed by atoms with Gasteiger partial charge in [-0.15, -0.1) is 0 Å². The van der Waals surface area contributed by atoms with Crippen molar-refractivity contribution in [3.8, 4) is 0 Å². The first-order valence-corrected chi connectivity index (χ1v) is 10.2. The fourth-order valence-electron chi connectivity index (χ4n) is 2.34. The monoisotopic (exact) mass is 386 g/mol. The van der Waals surface area contributed by atoms with Gasteiger partial charge in [-0.1, -0.05) is 0 Å². The molecule has 1 aliphatic rings. The summed E-state index contributed by atoms with van der Waals surface area (Å²) in [6.45, 7) is 1.47. The Morgan fingerprint density at radius 2 is 1.38 bits per heavy atom. The summed E-state index contributed by atoms with van der Waals surface area (Å²) in [4.78, 5) is -0.248. The van der Waals surface area contributed by atoms with E-state index in [2.05, 4.69) is 0 Å². The Hall–Kier alpha value is -1.17. The second-order valence-electron chi connectivity index (χ2n) is 5.23. The molecule has 0 radical (unpaired) electrons. The summed E-state index contributed by atoms with van der Waals surface area (Å²) in [6, 6.07) is 3.25. The van der Waals surface area contributed by atoms with Gasteiger partial charge in [0.25, 0.3) is 0 Å². The molecule has 1 saturated heterocycles. The first kappa shape index (κ1) is 19.2. The normalized spacial score (nSPS) is 18.7. The largest absolute Gasteiger partial charge is 0.416 e. The molecule has 0 unspecified atom stereocenters. The van der Waals surface area contributed by atoms with Crippen molar-refractivity contribution in [2.24, 2.45) is 0 Å². The summed E-state index contributed by atoms with van der Waals surface area (Å²) in [6.07, 6.45) is -4.54. The lowest BCUT2D eigenvalue weighted by Gasteiger charge is -2.33. The Bertz CT molecular complexity index is 782. The summed E-state index contributed by atoms with van der Waals surface area (Å²) >= 11 is 0. The molecule has 0 amide bonds. The Morgan fingerprint density at radius 1 is 0.917 bits per heavy atom. The van der Waals surface area contributed by atoms with Crippen LogP contribution in [0.1, 0.15) is 12.5 Å². The van der Waals surface area contributed by atoms with E-state index in [0.29, 0.717) is 12.1 Å². The maximum atomic E-state index is 12.5. The first-order valence-electron chi connectivity index (χ1n) is 7.13. The molecule has 0 spiro atoms. The topological polar surface area (TPSA) is 74.8 Å². The molecule has 0 aromatic heterocycles.